The van der Waals surface area contributed by atoms with E-state index in [9.17, 15) is 0 Å². The van der Waals surface area contributed by atoms with E-state index in [1.165, 1.54) is 38.0 Å². The first kappa shape index (κ1) is 11.8. The van der Waals surface area contributed by atoms with E-state index in [4.69, 9.17) is 13.3 Å². The molecule has 0 radical (unpaired) electrons. The summed E-state index contributed by atoms with van der Waals surface area (Å²) in [5.74, 6) is 0. The molecule has 0 aliphatic rings. The van der Waals surface area contributed by atoms with Gasteiger partial charge in [-0.2, -0.15) is 4.21 Å². The average molecular weight is 148 g/mol. The maximum absolute atomic E-state index is 8.67. The molecular weight excluding hydrogens is 139 g/mol. The van der Waals surface area contributed by atoms with Gasteiger partial charge < -0.3 is 0 Å². The zero-order valence-electron chi connectivity index (χ0n) is 5.13. The van der Waals surface area contributed by atoms with Crippen molar-refractivity contribution in [2.45, 2.75) is 17.0 Å². The number of hydrogen-bond acceptors (Lipinski definition) is 1. The third-order valence-electron chi connectivity index (χ3n) is 0.500. The van der Waals surface area contributed by atoms with Gasteiger partial charge in [-0.15, -0.1) is 0 Å². The van der Waals surface area contributed by atoms with Gasteiger partial charge in [0.25, 0.3) is 11.4 Å². The van der Waals surface area contributed by atoms with E-state index >= 15 is 0 Å². The van der Waals surface area contributed by atoms with Crippen molar-refractivity contribution >= 4 is 39.3 Å². The smallest absolute Gasteiger partial charge is 0.284 e. The van der Waals surface area contributed by atoms with Crippen molar-refractivity contribution in [3.63, 3.8) is 0 Å². The van der Waals surface area contributed by atoms with E-state index in [1.54, 1.807) is 0 Å². The average Bonchev–Trinajstić information content (AvgIpc) is 1.65. The Morgan fingerprint density at radius 3 is 1.75 bits per heavy atom. The fraction of sp³-hybridized carbons (Fsp3) is 1.00. The Labute approximate surface area is 69.4 Å². The van der Waals surface area contributed by atoms with Crippen LogP contribution >= 0.6 is 0 Å². The fourth-order valence-electron chi connectivity index (χ4n) is 0. The molecule has 46 valence electrons. The summed E-state index contributed by atoms with van der Waals surface area (Å²) in [5.41, 5.74) is 0. The molecular formula is C3H9NaO3S. The number of rotatable bonds is 1. The summed E-state index contributed by atoms with van der Waals surface area (Å²) in [4.78, 5) is 0. The van der Waals surface area contributed by atoms with Crippen LogP contribution in [0.4, 0.5) is 0 Å². The van der Waals surface area contributed by atoms with Crippen LogP contribution in [0.25, 0.3) is 0 Å². The molecule has 0 bridgehead atoms. The van der Waals surface area contributed by atoms with Crippen LogP contribution in [0.5, 0.6) is 0 Å². The number of hydrogen-bond donors (Lipinski definition) is 2. The third-order valence-corrected chi connectivity index (χ3v) is 1.50. The van der Waals surface area contributed by atoms with Crippen LogP contribution in [0.15, 0.2) is 0 Å². The Morgan fingerprint density at radius 1 is 1.62 bits per heavy atom. The molecule has 0 fully saturated rings. The zero-order valence-corrected chi connectivity index (χ0v) is 7.94. The first-order valence-electron chi connectivity index (χ1n) is 2.45. The van der Waals surface area contributed by atoms with E-state index in [0.29, 0.717) is 0 Å². The van der Waals surface area contributed by atoms with E-state index in [1.807, 2.05) is 0 Å². The molecule has 5 heteroatoms. The first-order valence-corrected chi connectivity index (χ1v) is 4.92. The molecule has 0 atom stereocenters. The van der Waals surface area contributed by atoms with Crippen molar-refractivity contribution in [2.75, 3.05) is 0 Å². The van der Waals surface area contributed by atoms with Crippen LogP contribution in [0.2, 0.25) is 3.67 Å². The van der Waals surface area contributed by atoms with E-state index in [0.717, 1.165) is 0 Å². The molecule has 0 aromatic heterocycles. The van der Waals surface area contributed by atoms with Crippen LogP contribution in [0.1, 0.15) is 13.3 Å². The standard InChI is InChI=1S/C3H7.Na.H2O3S/c1-3-2;;1-4(2)3/h1,3H2,2H3;;(H2,1,2,3). The summed E-state index contributed by atoms with van der Waals surface area (Å²) in [7, 11) is 0. The second-order valence-corrected chi connectivity index (χ2v) is 2.69. The monoisotopic (exact) mass is 148 g/mol. The maximum atomic E-state index is 8.67. The second kappa shape index (κ2) is 10.9. The van der Waals surface area contributed by atoms with E-state index in [2.05, 4.69) is 6.92 Å². The minimum atomic E-state index is -2.61. The third kappa shape index (κ3) is 60.8. The molecule has 0 aliphatic carbocycles. The summed E-state index contributed by atoms with van der Waals surface area (Å²) >= 11 is -1.22. The largest absolute Gasteiger partial charge is 0.299 e. The van der Waals surface area contributed by atoms with Gasteiger partial charge in [0.05, 0.1) is 0 Å². The molecule has 0 spiro atoms. The second-order valence-electron chi connectivity index (χ2n) is 1.23. The molecule has 0 amide bonds. The molecule has 0 rings (SSSR count). The van der Waals surface area contributed by atoms with Crippen LogP contribution in [-0.2, 0) is 11.4 Å². The molecule has 0 aliphatic heterocycles. The van der Waals surface area contributed by atoms with Crippen molar-refractivity contribution in [2.24, 2.45) is 0 Å². The van der Waals surface area contributed by atoms with Gasteiger partial charge in [0.15, 0.2) is 0 Å². The van der Waals surface area contributed by atoms with Gasteiger partial charge in [0, 0.05) is 0 Å². The summed E-state index contributed by atoms with van der Waals surface area (Å²) in [6, 6.07) is 0. The normalized spacial score (nSPS) is 8.25. The van der Waals surface area contributed by atoms with Gasteiger partial charge in [0.1, 0.15) is 0 Å². The summed E-state index contributed by atoms with van der Waals surface area (Å²) in [5, 5.41) is 0. The molecule has 8 heavy (non-hydrogen) atoms. The van der Waals surface area contributed by atoms with Crippen molar-refractivity contribution < 1.29 is 13.3 Å². The Bertz CT molecular complexity index is 52.5. The van der Waals surface area contributed by atoms with Crippen molar-refractivity contribution in [3.05, 3.63) is 0 Å². The van der Waals surface area contributed by atoms with Crippen LogP contribution in [-0.4, -0.2) is 41.2 Å². The fourth-order valence-corrected chi connectivity index (χ4v) is 0. The van der Waals surface area contributed by atoms with Crippen molar-refractivity contribution in [3.8, 4) is 0 Å². The predicted molar refractivity (Wildman–Crippen MR) is 34.3 cm³/mol. The van der Waals surface area contributed by atoms with Gasteiger partial charge in [-0.05, 0) is 0 Å². The van der Waals surface area contributed by atoms with Crippen LogP contribution in [0.3, 0.4) is 0 Å². The van der Waals surface area contributed by atoms with Gasteiger partial charge >= 0.3 is 44.9 Å². The molecule has 0 saturated carbocycles. The molecule has 0 aromatic carbocycles. The minimum Gasteiger partial charge on any atom is -0.284 e. The first-order chi connectivity index (χ1) is 3.65. The van der Waals surface area contributed by atoms with E-state index < -0.39 is 11.4 Å². The zero-order chi connectivity index (χ0) is 6.99. The Morgan fingerprint density at radius 2 is 1.75 bits per heavy atom. The van der Waals surface area contributed by atoms with Crippen molar-refractivity contribution in [1.29, 1.82) is 0 Å². The topological polar surface area (TPSA) is 57.5 Å². The molecule has 0 unspecified atom stereocenters. The maximum Gasteiger partial charge on any atom is 0.299 e. The summed E-state index contributed by atoms with van der Waals surface area (Å²) in [6.45, 7) is 2.22. The Hall–Kier alpha value is 1.07. The molecule has 0 heterocycles. The van der Waals surface area contributed by atoms with Crippen LogP contribution < -0.4 is 0 Å². The Kier molecular flexibility index (Phi) is 16.2. The minimum absolute atomic E-state index is 1.38. The van der Waals surface area contributed by atoms with Crippen molar-refractivity contribution in [1.82, 2.24) is 0 Å². The predicted octanol–water partition coefficient (Wildman–Crippen LogP) is 0.664. The van der Waals surface area contributed by atoms with Gasteiger partial charge in [-0.1, -0.05) is 0 Å². The van der Waals surface area contributed by atoms with Gasteiger partial charge in [0.2, 0.25) is 0 Å². The molecule has 3 nitrogen and oxygen atoms in total. The Balaban J connectivity index is 0. The SMILES string of the molecule is CC[CH2][Na].O=S(O)O. The van der Waals surface area contributed by atoms with Crippen LogP contribution in [0, 0.1) is 0 Å². The summed E-state index contributed by atoms with van der Waals surface area (Å²) in [6.07, 6.45) is 1.38. The van der Waals surface area contributed by atoms with Gasteiger partial charge in [-0.3, -0.25) is 9.11 Å². The molecule has 0 aromatic rings. The summed E-state index contributed by atoms with van der Waals surface area (Å²) < 4.78 is 24.3. The van der Waals surface area contributed by atoms with E-state index in [-0.39, 0.29) is 0 Å². The molecule has 0 saturated heterocycles. The van der Waals surface area contributed by atoms with Gasteiger partial charge in [-0.25, -0.2) is 0 Å². The molecule has 2 N–H and O–H groups in total. The quantitative estimate of drug-likeness (QED) is 0.424.